The van der Waals surface area contributed by atoms with E-state index in [4.69, 9.17) is 0 Å². The van der Waals surface area contributed by atoms with E-state index in [1.165, 1.54) is 24.3 Å². The van der Waals surface area contributed by atoms with Crippen LogP contribution in [-0.2, 0) is 0 Å². The van der Waals surface area contributed by atoms with Crippen LogP contribution in [0.1, 0.15) is 5.56 Å². The maximum Gasteiger partial charge on any atom is 0.333 e. The molecule has 0 aliphatic carbocycles. The molecule has 2 aromatic carbocycles. The van der Waals surface area contributed by atoms with E-state index in [0.717, 1.165) is 10.1 Å². The highest BCUT2D eigenvalue weighted by molar-refractivity contribution is 5.81. The molecule has 100 valence electrons. The number of hydrogen-bond donors (Lipinski definition) is 1. The topological polar surface area (TPSA) is 54.9 Å². The Hall–Kier alpha value is -2.69. The average molecular weight is 270 g/mol. The van der Waals surface area contributed by atoms with Gasteiger partial charge in [-0.3, -0.25) is 4.79 Å². The third-order valence-corrected chi connectivity index (χ3v) is 3.22. The number of aromatic amines is 1. The lowest BCUT2D eigenvalue weighted by atomic mass is 10.1. The summed E-state index contributed by atoms with van der Waals surface area (Å²) in [5.41, 5.74) is 0.661. The maximum absolute atomic E-state index is 12.9. The van der Waals surface area contributed by atoms with Gasteiger partial charge >= 0.3 is 5.69 Å². The van der Waals surface area contributed by atoms with Crippen molar-refractivity contribution in [3.8, 4) is 5.69 Å². The van der Waals surface area contributed by atoms with Gasteiger partial charge in [0.2, 0.25) is 0 Å². The normalized spacial score (nSPS) is 10.9. The minimum atomic E-state index is -0.542. The van der Waals surface area contributed by atoms with Gasteiger partial charge in [-0.2, -0.15) is 0 Å². The van der Waals surface area contributed by atoms with Gasteiger partial charge in [0.1, 0.15) is 5.82 Å². The molecule has 1 heterocycles. The van der Waals surface area contributed by atoms with Gasteiger partial charge in [-0.1, -0.05) is 12.1 Å². The average Bonchev–Trinajstić information content (AvgIpc) is 2.40. The lowest BCUT2D eigenvalue weighted by Crippen LogP contribution is -2.33. The molecule has 0 fully saturated rings. The van der Waals surface area contributed by atoms with E-state index in [1.54, 1.807) is 25.1 Å². The summed E-state index contributed by atoms with van der Waals surface area (Å²) in [5.74, 6) is -0.421. The third-order valence-electron chi connectivity index (χ3n) is 3.22. The van der Waals surface area contributed by atoms with Crippen LogP contribution in [0.3, 0.4) is 0 Å². The van der Waals surface area contributed by atoms with E-state index in [-0.39, 0.29) is 0 Å². The van der Waals surface area contributed by atoms with E-state index in [1.807, 2.05) is 0 Å². The van der Waals surface area contributed by atoms with Crippen LogP contribution in [0.15, 0.2) is 52.1 Å². The number of halogens is 1. The van der Waals surface area contributed by atoms with E-state index in [2.05, 4.69) is 4.98 Å². The fourth-order valence-electron chi connectivity index (χ4n) is 2.26. The number of hydrogen-bond acceptors (Lipinski definition) is 2. The molecule has 0 amide bonds. The molecular formula is C15H11FN2O2. The predicted molar refractivity (Wildman–Crippen MR) is 74.9 cm³/mol. The zero-order valence-electron chi connectivity index (χ0n) is 10.7. The molecule has 3 aromatic rings. The van der Waals surface area contributed by atoms with Gasteiger partial charge in [-0.05, 0) is 42.8 Å². The Labute approximate surface area is 113 Å². The highest BCUT2D eigenvalue weighted by Gasteiger charge is 2.10. The van der Waals surface area contributed by atoms with Crippen molar-refractivity contribution in [3.63, 3.8) is 0 Å². The van der Waals surface area contributed by atoms with E-state index < -0.39 is 17.1 Å². The Morgan fingerprint density at radius 3 is 2.45 bits per heavy atom. The van der Waals surface area contributed by atoms with Crippen molar-refractivity contribution in [1.29, 1.82) is 0 Å². The van der Waals surface area contributed by atoms with Gasteiger partial charge in [0.25, 0.3) is 5.56 Å². The van der Waals surface area contributed by atoms with Crippen molar-refractivity contribution in [2.45, 2.75) is 6.92 Å². The zero-order chi connectivity index (χ0) is 14.3. The minimum Gasteiger partial charge on any atom is -0.306 e. The lowest BCUT2D eigenvalue weighted by Gasteiger charge is -2.07. The molecule has 0 aliphatic rings. The molecule has 0 aliphatic heterocycles. The first-order chi connectivity index (χ1) is 9.58. The largest absolute Gasteiger partial charge is 0.333 e. The molecular weight excluding hydrogens is 259 g/mol. The maximum atomic E-state index is 12.9. The molecule has 20 heavy (non-hydrogen) atoms. The monoisotopic (exact) mass is 270 g/mol. The van der Waals surface area contributed by atoms with Gasteiger partial charge in [-0.15, -0.1) is 0 Å². The van der Waals surface area contributed by atoms with Crippen LogP contribution in [0.2, 0.25) is 0 Å². The molecule has 0 saturated carbocycles. The fourth-order valence-corrected chi connectivity index (χ4v) is 2.26. The number of aryl methyl sites for hydroxylation is 1. The van der Waals surface area contributed by atoms with Crippen LogP contribution >= 0.6 is 0 Å². The summed E-state index contributed by atoms with van der Waals surface area (Å²) in [6.07, 6.45) is 0. The molecule has 1 N–H and O–H groups in total. The Morgan fingerprint density at radius 2 is 1.75 bits per heavy atom. The smallest absolute Gasteiger partial charge is 0.306 e. The molecule has 1 aromatic heterocycles. The highest BCUT2D eigenvalue weighted by atomic mass is 19.1. The molecule has 4 nitrogen and oxygen atoms in total. The van der Waals surface area contributed by atoms with Crippen molar-refractivity contribution in [2.24, 2.45) is 0 Å². The molecule has 0 atom stereocenters. The lowest BCUT2D eigenvalue weighted by molar-refractivity contribution is 0.627. The van der Waals surface area contributed by atoms with Crippen LogP contribution in [0.25, 0.3) is 16.6 Å². The number of benzene rings is 2. The number of nitrogens with one attached hydrogen (secondary N) is 1. The number of nitrogens with zero attached hydrogens (tertiary/aromatic N) is 1. The van der Waals surface area contributed by atoms with Crippen LogP contribution in [0.5, 0.6) is 0 Å². The van der Waals surface area contributed by atoms with E-state index >= 15 is 0 Å². The van der Waals surface area contributed by atoms with Crippen molar-refractivity contribution in [2.75, 3.05) is 0 Å². The zero-order valence-corrected chi connectivity index (χ0v) is 10.7. The molecule has 5 heteroatoms. The first-order valence-electron chi connectivity index (χ1n) is 6.08. The highest BCUT2D eigenvalue weighted by Crippen LogP contribution is 2.12. The van der Waals surface area contributed by atoms with Gasteiger partial charge in [-0.25, -0.2) is 13.8 Å². The molecule has 0 unspecified atom stereocenters. The SMILES string of the molecule is Cc1cccc2[nH]c(=O)n(-c3ccc(F)cc3)c(=O)c12. The van der Waals surface area contributed by atoms with Crippen molar-refractivity contribution in [1.82, 2.24) is 9.55 Å². The summed E-state index contributed by atoms with van der Waals surface area (Å²) in [6, 6.07) is 10.5. The van der Waals surface area contributed by atoms with Crippen LogP contribution < -0.4 is 11.2 Å². The summed E-state index contributed by atoms with van der Waals surface area (Å²) in [7, 11) is 0. The molecule has 0 spiro atoms. The van der Waals surface area contributed by atoms with Crippen molar-refractivity contribution in [3.05, 3.63) is 74.7 Å². The van der Waals surface area contributed by atoms with Gasteiger partial charge in [0, 0.05) is 0 Å². The first-order valence-corrected chi connectivity index (χ1v) is 6.08. The predicted octanol–water partition coefficient (Wildman–Crippen LogP) is 2.13. The summed E-state index contributed by atoms with van der Waals surface area (Å²) in [4.78, 5) is 27.2. The third kappa shape index (κ3) is 1.84. The van der Waals surface area contributed by atoms with Gasteiger partial charge < -0.3 is 4.98 Å². The van der Waals surface area contributed by atoms with Crippen molar-refractivity contribution >= 4 is 10.9 Å². The minimum absolute atomic E-state index is 0.336. The second kappa shape index (κ2) is 4.45. The Morgan fingerprint density at radius 1 is 1.05 bits per heavy atom. The number of H-pyrrole nitrogens is 1. The Kier molecular flexibility index (Phi) is 2.75. The number of aromatic nitrogens is 2. The van der Waals surface area contributed by atoms with E-state index in [0.29, 0.717) is 16.6 Å². The van der Waals surface area contributed by atoms with Gasteiger partial charge in [0.05, 0.1) is 16.6 Å². The second-order valence-electron chi connectivity index (χ2n) is 4.54. The van der Waals surface area contributed by atoms with Gasteiger partial charge in [0.15, 0.2) is 0 Å². The number of fused-ring (bicyclic) bond motifs is 1. The molecule has 0 saturated heterocycles. The summed E-state index contributed by atoms with van der Waals surface area (Å²) in [6.45, 7) is 1.80. The fraction of sp³-hybridized carbons (Fsp3) is 0.0667. The van der Waals surface area contributed by atoms with Crippen LogP contribution in [-0.4, -0.2) is 9.55 Å². The Balaban J connectivity index is 2.43. The molecule has 0 bridgehead atoms. The number of rotatable bonds is 1. The first kappa shape index (κ1) is 12.3. The Bertz CT molecular complexity index is 908. The molecule has 0 radical (unpaired) electrons. The summed E-state index contributed by atoms with van der Waals surface area (Å²) >= 11 is 0. The standard InChI is InChI=1S/C15H11FN2O2/c1-9-3-2-4-12-13(9)14(19)18(15(20)17-12)11-7-5-10(16)6-8-11/h2-8H,1H3,(H,17,20). The second-order valence-corrected chi connectivity index (χ2v) is 4.54. The molecule has 3 rings (SSSR count). The van der Waals surface area contributed by atoms with Crippen LogP contribution in [0.4, 0.5) is 4.39 Å². The summed E-state index contributed by atoms with van der Waals surface area (Å²) < 4.78 is 14.0. The summed E-state index contributed by atoms with van der Waals surface area (Å²) in [5, 5.41) is 0.455. The van der Waals surface area contributed by atoms with Crippen LogP contribution in [0, 0.1) is 12.7 Å². The quantitative estimate of drug-likeness (QED) is 0.736. The van der Waals surface area contributed by atoms with E-state index in [9.17, 15) is 14.0 Å². The van der Waals surface area contributed by atoms with Crippen molar-refractivity contribution < 1.29 is 4.39 Å².